The Morgan fingerprint density at radius 2 is 1.15 bits per heavy atom. The van der Waals surface area contributed by atoms with Crippen molar-refractivity contribution in [2.75, 3.05) is 0 Å². The quantitative estimate of drug-likeness (QED) is 0.355. The lowest BCUT2D eigenvalue weighted by Crippen LogP contribution is -1.90. The number of alkyl halides is 2. The average molecular weight is 388 g/mol. The Morgan fingerprint density at radius 1 is 0.650 bits per heavy atom. The van der Waals surface area contributed by atoms with Gasteiger partial charge in [-0.15, -0.1) is 0 Å². The molecule has 0 amide bonds. The van der Waals surface area contributed by atoms with E-state index in [9.17, 15) is 0 Å². The molecule has 1 aliphatic rings. The molecule has 0 radical (unpaired) electrons. The number of hydrogen-bond acceptors (Lipinski definition) is 0. The molecule has 0 fully saturated rings. The molecule has 0 unspecified atom stereocenters. The summed E-state index contributed by atoms with van der Waals surface area (Å²) < 4.78 is 0. The van der Waals surface area contributed by atoms with E-state index in [-0.39, 0.29) is 0 Å². The lowest BCUT2D eigenvalue weighted by atomic mass is 9.98. The van der Waals surface area contributed by atoms with Gasteiger partial charge in [-0.05, 0) is 56.3 Å². The minimum absolute atomic E-state index is 0.896. The third-order valence-corrected chi connectivity index (χ3v) is 5.32. The van der Waals surface area contributed by atoms with Crippen LogP contribution in [0.2, 0.25) is 0 Å². The molecule has 3 aromatic carbocycles. The second-order valence-corrected chi connectivity index (χ2v) is 6.26. The molecule has 98 valence electrons. The van der Waals surface area contributed by atoms with Crippen LogP contribution < -0.4 is 0 Å². The zero-order valence-corrected chi connectivity index (χ0v) is 14.0. The van der Waals surface area contributed by atoms with Gasteiger partial charge in [0, 0.05) is 10.7 Å². The van der Waals surface area contributed by atoms with Crippen LogP contribution in [0.1, 0.15) is 11.1 Å². The van der Waals surface area contributed by atoms with Gasteiger partial charge in [0.2, 0.25) is 0 Å². The van der Waals surface area contributed by atoms with E-state index < -0.39 is 0 Å². The van der Waals surface area contributed by atoms with E-state index in [1.807, 2.05) is 0 Å². The highest BCUT2D eigenvalue weighted by molar-refractivity contribution is 9.09. The molecule has 4 rings (SSSR count). The van der Waals surface area contributed by atoms with Crippen LogP contribution >= 0.6 is 31.9 Å². The standard InChI is InChI=1S/C18H12Br2/c19-9-12-7-16-14-5-1-3-11-4-2-6-15(18(11)14)17(16)8-13(12)10-20/h1-8H,9-10H2. The van der Waals surface area contributed by atoms with Crippen LogP contribution in [0, 0.1) is 0 Å². The van der Waals surface area contributed by atoms with E-state index >= 15 is 0 Å². The topological polar surface area (TPSA) is 0 Å². The number of benzene rings is 3. The maximum absolute atomic E-state index is 3.61. The lowest BCUT2D eigenvalue weighted by molar-refractivity contribution is 1.31. The molecular weight excluding hydrogens is 376 g/mol. The van der Waals surface area contributed by atoms with Crippen molar-refractivity contribution in [2.24, 2.45) is 0 Å². The highest BCUT2D eigenvalue weighted by Crippen LogP contribution is 2.48. The molecule has 0 nitrogen and oxygen atoms in total. The Bertz CT molecular complexity index is 768. The van der Waals surface area contributed by atoms with Gasteiger partial charge in [0.05, 0.1) is 0 Å². The summed E-state index contributed by atoms with van der Waals surface area (Å²) in [5.41, 5.74) is 8.22. The van der Waals surface area contributed by atoms with E-state index in [1.54, 1.807) is 0 Å². The van der Waals surface area contributed by atoms with Crippen molar-refractivity contribution < 1.29 is 0 Å². The van der Waals surface area contributed by atoms with Crippen molar-refractivity contribution in [3.63, 3.8) is 0 Å². The van der Waals surface area contributed by atoms with Crippen molar-refractivity contribution >= 4 is 42.6 Å². The molecule has 3 aromatic rings. The van der Waals surface area contributed by atoms with Gasteiger partial charge < -0.3 is 0 Å². The molecule has 20 heavy (non-hydrogen) atoms. The number of hydrogen-bond donors (Lipinski definition) is 0. The first-order valence-corrected chi connectivity index (χ1v) is 8.88. The molecule has 0 bridgehead atoms. The van der Waals surface area contributed by atoms with Gasteiger partial charge in [0.25, 0.3) is 0 Å². The van der Waals surface area contributed by atoms with Crippen LogP contribution in [0.3, 0.4) is 0 Å². The Hall–Kier alpha value is -1.12. The Morgan fingerprint density at radius 3 is 1.60 bits per heavy atom. The van der Waals surface area contributed by atoms with Gasteiger partial charge in [-0.25, -0.2) is 0 Å². The fraction of sp³-hybridized carbons (Fsp3) is 0.111. The van der Waals surface area contributed by atoms with E-state index in [4.69, 9.17) is 0 Å². The summed E-state index contributed by atoms with van der Waals surface area (Å²) in [6, 6.07) is 17.9. The highest BCUT2D eigenvalue weighted by atomic mass is 79.9. The SMILES string of the molecule is BrCc1cc2c(cc1CBr)-c1cccc3cccc-2c13. The van der Waals surface area contributed by atoms with Crippen LogP contribution in [-0.4, -0.2) is 0 Å². The molecule has 0 aromatic heterocycles. The smallest absolute Gasteiger partial charge is 0.0286 e. The summed E-state index contributed by atoms with van der Waals surface area (Å²) in [4.78, 5) is 0. The van der Waals surface area contributed by atoms with Crippen LogP contribution in [-0.2, 0) is 10.7 Å². The van der Waals surface area contributed by atoms with Crippen molar-refractivity contribution in [3.05, 3.63) is 59.7 Å². The molecule has 0 saturated carbocycles. The van der Waals surface area contributed by atoms with Crippen molar-refractivity contribution in [1.29, 1.82) is 0 Å². The van der Waals surface area contributed by atoms with Crippen LogP contribution in [0.15, 0.2) is 48.5 Å². The largest absolute Gasteiger partial charge is 0.0876 e. The summed E-state index contributed by atoms with van der Waals surface area (Å²) in [6.45, 7) is 0. The minimum Gasteiger partial charge on any atom is -0.0876 e. The third-order valence-electron chi connectivity index (χ3n) is 4.11. The maximum atomic E-state index is 3.61. The van der Waals surface area contributed by atoms with Crippen molar-refractivity contribution in [3.8, 4) is 22.3 Å². The van der Waals surface area contributed by atoms with Crippen LogP contribution in [0.25, 0.3) is 33.0 Å². The van der Waals surface area contributed by atoms with Crippen molar-refractivity contribution in [1.82, 2.24) is 0 Å². The molecule has 0 atom stereocenters. The van der Waals surface area contributed by atoms with E-state index in [2.05, 4.69) is 80.4 Å². The molecule has 0 N–H and O–H groups in total. The molecule has 0 saturated heterocycles. The summed E-state index contributed by atoms with van der Waals surface area (Å²) in [5, 5.41) is 4.52. The van der Waals surface area contributed by atoms with Crippen molar-refractivity contribution in [2.45, 2.75) is 10.7 Å². The molecule has 0 aliphatic heterocycles. The number of fused-ring (bicyclic) bond motifs is 3. The zero-order chi connectivity index (χ0) is 13.7. The van der Waals surface area contributed by atoms with E-state index in [0.29, 0.717) is 0 Å². The summed E-state index contributed by atoms with van der Waals surface area (Å²) >= 11 is 7.22. The summed E-state index contributed by atoms with van der Waals surface area (Å²) in [5.74, 6) is 0. The lowest BCUT2D eigenvalue weighted by Gasteiger charge is -2.09. The monoisotopic (exact) mass is 386 g/mol. The van der Waals surface area contributed by atoms with Gasteiger partial charge in [-0.2, -0.15) is 0 Å². The van der Waals surface area contributed by atoms with Gasteiger partial charge >= 0.3 is 0 Å². The maximum Gasteiger partial charge on any atom is 0.0286 e. The van der Waals surface area contributed by atoms with E-state index in [1.165, 1.54) is 44.2 Å². The predicted molar refractivity (Wildman–Crippen MR) is 93.6 cm³/mol. The zero-order valence-electron chi connectivity index (χ0n) is 10.8. The average Bonchev–Trinajstić information content (AvgIpc) is 2.82. The molecule has 2 heteroatoms. The second kappa shape index (κ2) is 4.71. The van der Waals surface area contributed by atoms with Gasteiger partial charge in [-0.3, -0.25) is 0 Å². The predicted octanol–water partition coefficient (Wildman–Crippen LogP) is 6.28. The van der Waals surface area contributed by atoms with Crippen LogP contribution in [0.5, 0.6) is 0 Å². The first-order valence-electron chi connectivity index (χ1n) is 6.63. The minimum atomic E-state index is 0.896. The third kappa shape index (κ3) is 1.64. The first kappa shape index (κ1) is 12.6. The normalized spacial score (nSPS) is 11.9. The number of rotatable bonds is 2. The second-order valence-electron chi connectivity index (χ2n) is 5.14. The number of halogens is 2. The summed E-state index contributed by atoms with van der Waals surface area (Å²) in [7, 11) is 0. The van der Waals surface area contributed by atoms with Gasteiger partial charge in [0.15, 0.2) is 0 Å². The molecule has 1 aliphatic carbocycles. The Labute approximate surface area is 135 Å². The van der Waals surface area contributed by atoms with Gasteiger partial charge in [-0.1, -0.05) is 68.3 Å². The van der Waals surface area contributed by atoms with E-state index in [0.717, 1.165) is 10.7 Å². The van der Waals surface area contributed by atoms with Crippen LogP contribution in [0.4, 0.5) is 0 Å². The Kier molecular flexibility index (Phi) is 2.97. The highest BCUT2D eigenvalue weighted by Gasteiger charge is 2.22. The van der Waals surface area contributed by atoms with Gasteiger partial charge in [0.1, 0.15) is 0 Å². The first-order chi connectivity index (χ1) is 9.83. The fourth-order valence-corrected chi connectivity index (χ4v) is 4.22. The summed E-state index contributed by atoms with van der Waals surface area (Å²) in [6.07, 6.45) is 0. The molecule has 0 heterocycles. The fourth-order valence-electron chi connectivity index (χ4n) is 3.17. The Balaban J connectivity index is 2.13. The molecular formula is C18H12Br2. The molecule has 0 spiro atoms.